The normalized spacial score (nSPS) is 16.8. The Kier molecular flexibility index (Phi) is 7.17. The van der Waals surface area contributed by atoms with Crippen LogP contribution in [-0.2, 0) is 16.6 Å². The number of nitrogens with one attached hydrogen (secondary N) is 1. The minimum atomic E-state index is -0.639. The molecule has 3 aromatic rings. The molecule has 0 unspecified atom stereocenters. The number of pyridine rings is 2. The summed E-state index contributed by atoms with van der Waals surface area (Å²) in [6.45, 7) is 6.62. The maximum absolute atomic E-state index is 13.3. The predicted molar refractivity (Wildman–Crippen MR) is 146 cm³/mol. The van der Waals surface area contributed by atoms with Gasteiger partial charge in [0.1, 0.15) is 22.9 Å². The SMILES string of the molecule is Cn1cc(-c2cc(Oc3ccc(NC(=O)N4CCC5(CCN(C(=O)OC(C)(C)C)CC5)C4=O)nc3)ccn2)cn1. The summed E-state index contributed by atoms with van der Waals surface area (Å²) in [6.07, 6.45) is 7.93. The number of hydrogen-bond donors (Lipinski definition) is 1. The molecule has 5 rings (SSSR count). The number of carbonyl (C=O) groups is 3. The van der Waals surface area contributed by atoms with Crippen LogP contribution >= 0.6 is 0 Å². The smallest absolute Gasteiger partial charge is 0.410 e. The van der Waals surface area contributed by atoms with Gasteiger partial charge in [0.15, 0.2) is 0 Å². The molecule has 1 N–H and O–H groups in total. The topological polar surface area (TPSA) is 132 Å². The van der Waals surface area contributed by atoms with Crippen molar-refractivity contribution in [3.8, 4) is 22.8 Å². The van der Waals surface area contributed by atoms with Crippen molar-refractivity contribution in [1.29, 1.82) is 0 Å². The van der Waals surface area contributed by atoms with Gasteiger partial charge >= 0.3 is 12.1 Å². The molecular weight excluding hydrogens is 514 g/mol. The molecule has 0 radical (unpaired) electrons. The van der Waals surface area contributed by atoms with E-state index in [-0.39, 0.29) is 12.0 Å². The number of amides is 4. The van der Waals surface area contributed by atoms with E-state index in [2.05, 4.69) is 20.4 Å². The van der Waals surface area contributed by atoms with E-state index in [1.165, 1.54) is 11.1 Å². The van der Waals surface area contributed by atoms with Crippen LogP contribution in [0, 0.1) is 5.41 Å². The lowest BCUT2D eigenvalue weighted by molar-refractivity contribution is -0.135. The lowest BCUT2D eigenvalue weighted by Crippen LogP contribution is -2.49. The van der Waals surface area contributed by atoms with Crippen LogP contribution in [-0.4, -0.2) is 72.8 Å². The Bertz CT molecular complexity index is 1400. The van der Waals surface area contributed by atoms with Gasteiger partial charge in [0.05, 0.1) is 23.5 Å². The lowest BCUT2D eigenvalue weighted by atomic mass is 9.77. The van der Waals surface area contributed by atoms with Crippen LogP contribution in [0.4, 0.5) is 15.4 Å². The monoisotopic (exact) mass is 547 g/mol. The Morgan fingerprint density at radius 2 is 1.75 bits per heavy atom. The number of nitrogens with zero attached hydrogens (tertiary/aromatic N) is 6. The Morgan fingerprint density at radius 3 is 2.40 bits per heavy atom. The minimum absolute atomic E-state index is 0.212. The highest BCUT2D eigenvalue weighted by molar-refractivity contribution is 6.04. The third-order valence-electron chi connectivity index (χ3n) is 7.07. The third-order valence-corrected chi connectivity index (χ3v) is 7.07. The number of likely N-dealkylation sites (tertiary alicyclic amines) is 2. The number of imide groups is 1. The highest BCUT2D eigenvalue weighted by Crippen LogP contribution is 2.42. The molecule has 0 aromatic carbocycles. The Labute approximate surface area is 232 Å². The number of urea groups is 1. The van der Waals surface area contributed by atoms with Gasteiger partial charge in [0.2, 0.25) is 5.91 Å². The van der Waals surface area contributed by atoms with Crippen LogP contribution in [0.25, 0.3) is 11.3 Å². The van der Waals surface area contributed by atoms with Crippen molar-refractivity contribution < 1.29 is 23.9 Å². The zero-order valence-corrected chi connectivity index (χ0v) is 23.1. The molecular formula is C28H33N7O5. The molecule has 0 bridgehead atoms. The van der Waals surface area contributed by atoms with Crippen LogP contribution in [0.5, 0.6) is 11.5 Å². The molecule has 12 heteroatoms. The third kappa shape index (κ3) is 5.90. The number of carbonyl (C=O) groups excluding carboxylic acids is 3. The van der Waals surface area contributed by atoms with Crippen molar-refractivity contribution in [2.24, 2.45) is 12.5 Å². The molecule has 0 aliphatic carbocycles. The number of ether oxygens (including phenoxy) is 2. The van der Waals surface area contributed by atoms with E-state index < -0.39 is 17.0 Å². The highest BCUT2D eigenvalue weighted by atomic mass is 16.6. The number of anilines is 1. The molecule has 40 heavy (non-hydrogen) atoms. The largest absolute Gasteiger partial charge is 0.456 e. The highest BCUT2D eigenvalue weighted by Gasteiger charge is 2.50. The first kappa shape index (κ1) is 27.1. The fourth-order valence-corrected chi connectivity index (χ4v) is 4.94. The van der Waals surface area contributed by atoms with Crippen molar-refractivity contribution in [2.45, 2.75) is 45.6 Å². The second-order valence-corrected chi connectivity index (χ2v) is 11.1. The second-order valence-electron chi connectivity index (χ2n) is 11.1. The fourth-order valence-electron chi connectivity index (χ4n) is 4.94. The first-order valence-corrected chi connectivity index (χ1v) is 13.2. The summed E-state index contributed by atoms with van der Waals surface area (Å²) in [5, 5.41) is 6.87. The van der Waals surface area contributed by atoms with E-state index in [4.69, 9.17) is 9.47 Å². The molecule has 0 atom stereocenters. The molecule has 2 aliphatic rings. The Morgan fingerprint density at radius 1 is 1.00 bits per heavy atom. The van der Waals surface area contributed by atoms with E-state index in [1.807, 2.05) is 34.0 Å². The van der Waals surface area contributed by atoms with Gasteiger partial charge in [0.25, 0.3) is 0 Å². The van der Waals surface area contributed by atoms with Gasteiger partial charge in [-0.2, -0.15) is 5.10 Å². The average molecular weight is 548 g/mol. The van der Waals surface area contributed by atoms with Gasteiger partial charge in [-0.05, 0) is 58.2 Å². The molecule has 0 saturated carbocycles. The van der Waals surface area contributed by atoms with E-state index in [0.717, 1.165) is 11.3 Å². The molecule has 2 saturated heterocycles. The van der Waals surface area contributed by atoms with Crippen LogP contribution < -0.4 is 10.1 Å². The van der Waals surface area contributed by atoms with Crippen molar-refractivity contribution in [1.82, 2.24) is 29.5 Å². The maximum atomic E-state index is 13.3. The van der Waals surface area contributed by atoms with Crippen LogP contribution in [0.3, 0.4) is 0 Å². The summed E-state index contributed by atoms with van der Waals surface area (Å²) in [5.74, 6) is 1.15. The van der Waals surface area contributed by atoms with Crippen molar-refractivity contribution in [3.63, 3.8) is 0 Å². The zero-order valence-electron chi connectivity index (χ0n) is 23.1. The van der Waals surface area contributed by atoms with Crippen LogP contribution in [0.1, 0.15) is 40.0 Å². The summed E-state index contributed by atoms with van der Waals surface area (Å²) in [7, 11) is 1.84. The summed E-state index contributed by atoms with van der Waals surface area (Å²) in [6, 6.07) is 6.33. The fraction of sp³-hybridized carbons (Fsp3) is 0.429. The van der Waals surface area contributed by atoms with Gasteiger partial charge in [-0.15, -0.1) is 0 Å². The average Bonchev–Trinajstić information content (AvgIpc) is 3.48. The van der Waals surface area contributed by atoms with Gasteiger partial charge in [-0.25, -0.2) is 14.6 Å². The van der Waals surface area contributed by atoms with Gasteiger partial charge in [-0.1, -0.05) is 0 Å². The summed E-state index contributed by atoms with van der Waals surface area (Å²) in [5.41, 5.74) is 0.382. The maximum Gasteiger partial charge on any atom is 0.410 e. The molecule has 4 amide bonds. The number of rotatable bonds is 4. The molecule has 1 spiro atoms. The predicted octanol–water partition coefficient (Wildman–Crippen LogP) is 4.45. The summed E-state index contributed by atoms with van der Waals surface area (Å²) >= 11 is 0. The van der Waals surface area contributed by atoms with Crippen LogP contribution in [0.2, 0.25) is 0 Å². The van der Waals surface area contributed by atoms with E-state index in [9.17, 15) is 14.4 Å². The van der Waals surface area contributed by atoms with E-state index in [1.54, 1.807) is 46.2 Å². The van der Waals surface area contributed by atoms with E-state index in [0.29, 0.717) is 56.2 Å². The Hall–Kier alpha value is -4.48. The lowest BCUT2D eigenvalue weighted by Gasteiger charge is -2.38. The first-order valence-electron chi connectivity index (χ1n) is 13.2. The zero-order chi connectivity index (χ0) is 28.5. The molecule has 3 aromatic heterocycles. The number of aromatic nitrogens is 4. The van der Waals surface area contributed by atoms with Gasteiger partial charge in [-0.3, -0.25) is 24.7 Å². The summed E-state index contributed by atoms with van der Waals surface area (Å²) < 4.78 is 13.1. The molecule has 5 heterocycles. The van der Waals surface area contributed by atoms with Gasteiger partial charge < -0.3 is 14.4 Å². The summed E-state index contributed by atoms with van der Waals surface area (Å²) in [4.78, 5) is 50.1. The van der Waals surface area contributed by atoms with Crippen LogP contribution in [0.15, 0.2) is 49.1 Å². The molecule has 2 aliphatic heterocycles. The van der Waals surface area contributed by atoms with Crippen molar-refractivity contribution >= 4 is 23.8 Å². The molecule has 12 nitrogen and oxygen atoms in total. The first-order chi connectivity index (χ1) is 19.0. The quantitative estimate of drug-likeness (QED) is 0.507. The van der Waals surface area contributed by atoms with Gasteiger partial charge in [0, 0.05) is 50.7 Å². The van der Waals surface area contributed by atoms with Crippen molar-refractivity contribution in [2.75, 3.05) is 25.0 Å². The van der Waals surface area contributed by atoms with E-state index >= 15 is 0 Å². The number of hydrogen-bond acceptors (Lipinski definition) is 8. The molecule has 210 valence electrons. The van der Waals surface area contributed by atoms with Crippen molar-refractivity contribution in [3.05, 3.63) is 49.1 Å². The standard InChI is InChI=1S/C28H33N7O5/c1-27(2,3)40-26(38)34-12-8-28(9-13-34)10-14-35(24(28)36)25(37)32-23-6-5-21(17-30-23)39-20-7-11-29-22(15-20)19-16-31-33(4)18-19/h5-7,11,15-18H,8-10,12-14H2,1-4H3,(H,30,32,37). The molecule has 2 fully saturated rings. The second kappa shape index (κ2) is 10.6. The number of aryl methyl sites for hydroxylation is 1. The minimum Gasteiger partial charge on any atom is -0.456 e. The Balaban J connectivity index is 1.15. The number of piperidine rings is 1.